The number of hydrogen-bond donors (Lipinski definition) is 1. The van der Waals surface area contributed by atoms with Crippen LogP contribution in [0.25, 0.3) is 0 Å². The molecule has 0 saturated carbocycles. The van der Waals surface area contributed by atoms with E-state index in [-0.39, 0.29) is 0 Å². The van der Waals surface area contributed by atoms with Crippen LogP contribution in [0.5, 0.6) is 0 Å². The minimum atomic E-state index is 0.491. The van der Waals surface area contributed by atoms with E-state index in [9.17, 15) is 0 Å². The van der Waals surface area contributed by atoms with Crippen molar-refractivity contribution in [2.75, 3.05) is 13.1 Å². The molecule has 0 spiro atoms. The average Bonchev–Trinajstić information content (AvgIpc) is 3.15. The van der Waals surface area contributed by atoms with Crippen LogP contribution >= 0.6 is 0 Å². The Labute approximate surface area is 178 Å². The summed E-state index contributed by atoms with van der Waals surface area (Å²) < 4.78 is 2.58. The van der Waals surface area contributed by atoms with Crippen molar-refractivity contribution in [2.24, 2.45) is 0 Å². The fourth-order valence-corrected chi connectivity index (χ4v) is 4.59. The van der Waals surface area contributed by atoms with Crippen LogP contribution in [0.15, 0.2) is 36.4 Å². The first kappa shape index (κ1) is 21.6. The van der Waals surface area contributed by atoms with Gasteiger partial charge in [0, 0.05) is 11.1 Å². The molecule has 0 aromatic heterocycles. The third-order valence-corrected chi connectivity index (χ3v) is 6.12. The average molecular weight is 392 g/mol. The summed E-state index contributed by atoms with van der Waals surface area (Å²) in [6, 6.07) is 13.7. The second-order valence-corrected chi connectivity index (χ2v) is 9.64. The van der Waals surface area contributed by atoms with Crippen LogP contribution in [0.2, 0.25) is 0 Å². The Balaban J connectivity index is 2.37. The number of hydrogen-bond acceptors (Lipinski definition) is 1. The highest BCUT2D eigenvalue weighted by molar-refractivity contribution is 5.99. The minimum Gasteiger partial charge on any atom is -0.270 e. The van der Waals surface area contributed by atoms with Gasteiger partial charge in [0.1, 0.15) is 18.8 Å². The van der Waals surface area contributed by atoms with Gasteiger partial charge in [-0.25, -0.2) is 4.58 Å². The lowest BCUT2D eigenvalue weighted by atomic mass is 9.87. The van der Waals surface area contributed by atoms with Crippen LogP contribution in [0.1, 0.15) is 107 Å². The zero-order valence-corrected chi connectivity index (χ0v) is 19.6. The highest BCUT2D eigenvalue weighted by atomic mass is 15.2. The number of rotatable bonds is 6. The van der Waals surface area contributed by atoms with E-state index in [1.165, 1.54) is 39.3 Å². The maximum Gasteiger partial charge on any atom is 0.283 e. The first-order valence-electron chi connectivity index (χ1n) is 11.4. The molecule has 1 N–H and O–H groups in total. The number of nitrogens with zero attached hydrogens (tertiary/aromatic N) is 1. The van der Waals surface area contributed by atoms with E-state index in [1.54, 1.807) is 0 Å². The standard InChI is InChI=1S/C27H38N2/c1-17(2)21-11-9-12-22(18(3)4)25(21)27-28-15-16-29(27)26-23(19(5)6)13-10-14-24(26)20(7)8/h9-14,17-20H,15-16H2,1-8H3/p+1. The summed E-state index contributed by atoms with van der Waals surface area (Å²) in [5.41, 5.74) is 8.63. The summed E-state index contributed by atoms with van der Waals surface area (Å²) in [5, 5.41) is 3.79. The Bertz CT molecular complexity index is 775. The number of nitrogens with one attached hydrogen (secondary N) is 1. The second-order valence-electron chi connectivity index (χ2n) is 9.64. The lowest BCUT2D eigenvalue weighted by molar-refractivity contribution is -0.429. The summed E-state index contributed by atoms with van der Waals surface area (Å²) >= 11 is 0. The predicted molar refractivity (Wildman–Crippen MR) is 126 cm³/mol. The fraction of sp³-hybridized carbons (Fsp3) is 0.519. The highest BCUT2D eigenvalue weighted by Crippen LogP contribution is 2.37. The molecule has 0 atom stereocenters. The fourth-order valence-electron chi connectivity index (χ4n) is 4.59. The van der Waals surface area contributed by atoms with Gasteiger partial charge in [-0.05, 0) is 34.8 Å². The van der Waals surface area contributed by atoms with E-state index < -0.39 is 0 Å². The molecule has 0 bridgehead atoms. The van der Waals surface area contributed by atoms with Gasteiger partial charge in [0.2, 0.25) is 0 Å². The van der Waals surface area contributed by atoms with E-state index in [1.807, 2.05) is 0 Å². The Morgan fingerprint density at radius 2 is 1.07 bits per heavy atom. The van der Waals surface area contributed by atoms with Crippen LogP contribution in [-0.4, -0.2) is 23.5 Å². The highest BCUT2D eigenvalue weighted by Gasteiger charge is 2.32. The quantitative estimate of drug-likeness (QED) is 0.531. The van der Waals surface area contributed by atoms with Gasteiger partial charge in [0.15, 0.2) is 0 Å². The summed E-state index contributed by atoms with van der Waals surface area (Å²) in [6.45, 7) is 20.5. The van der Waals surface area contributed by atoms with Crippen LogP contribution in [0.3, 0.4) is 0 Å². The van der Waals surface area contributed by atoms with Crippen molar-refractivity contribution in [3.8, 4) is 0 Å². The second kappa shape index (κ2) is 8.73. The third-order valence-electron chi connectivity index (χ3n) is 6.12. The predicted octanol–water partition coefficient (Wildman–Crippen LogP) is 6.87. The van der Waals surface area contributed by atoms with Crippen molar-refractivity contribution in [1.82, 2.24) is 5.32 Å². The van der Waals surface area contributed by atoms with Crippen molar-refractivity contribution < 1.29 is 4.58 Å². The van der Waals surface area contributed by atoms with Crippen LogP contribution in [0, 0.1) is 0 Å². The molecule has 2 aromatic rings. The van der Waals surface area contributed by atoms with Crippen LogP contribution in [0.4, 0.5) is 5.69 Å². The smallest absolute Gasteiger partial charge is 0.270 e. The first-order chi connectivity index (χ1) is 13.7. The van der Waals surface area contributed by atoms with E-state index in [4.69, 9.17) is 0 Å². The molecule has 0 aliphatic carbocycles. The number of para-hydroxylation sites is 1. The van der Waals surface area contributed by atoms with Gasteiger partial charge in [0.05, 0.1) is 5.56 Å². The van der Waals surface area contributed by atoms with Crippen LogP contribution in [-0.2, 0) is 0 Å². The minimum absolute atomic E-state index is 0.491. The summed E-state index contributed by atoms with van der Waals surface area (Å²) in [5.74, 6) is 3.27. The molecule has 0 radical (unpaired) electrons. The molecule has 0 fully saturated rings. The maximum absolute atomic E-state index is 3.79. The Kier molecular flexibility index (Phi) is 6.51. The van der Waals surface area contributed by atoms with Gasteiger partial charge in [-0.1, -0.05) is 91.8 Å². The molecule has 0 amide bonds. The molecule has 2 aromatic carbocycles. The molecule has 2 heteroatoms. The maximum atomic E-state index is 3.79. The van der Waals surface area contributed by atoms with Gasteiger partial charge < -0.3 is 0 Å². The van der Waals surface area contributed by atoms with Gasteiger partial charge in [0.25, 0.3) is 5.84 Å². The van der Waals surface area contributed by atoms with Crippen molar-refractivity contribution in [2.45, 2.75) is 79.1 Å². The number of benzene rings is 2. The zero-order chi connectivity index (χ0) is 21.3. The Morgan fingerprint density at radius 3 is 1.48 bits per heavy atom. The van der Waals surface area contributed by atoms with E-state index in [0.29, 0.717) is 23.7 Å². The molecule has 156 valence electrons. The summed E-state index contributed by atoms with van der Waals surface area (Å²) in [6.07, 6.45) is 0. The zero-order valence-electron chi connectivity index (χ0n) is 19.6. The monoisotopic (exact) mass is 391 g/mol. The van der Waals surface area contributed by atoms with Gasteiger partial charge in [-0.3, -0.25) is 5.32 Å². The molecule has 2 nitrogen and oxygen atoms in total. The summed E-state index contributed by atoms with van der Waals surface area (Å²) in [4.78, 5) is 0. The molecule has 1 aliphatic rings. The molecular formula is C27H39N2+. The Hall–Kier alpha value is -2.09. The largest absolute Gasteiger partial charge is 0.283 e. The first-order valence-corrected chi connectivity index (χ1v) is 11.4. The van der Waals surface area contributed by atoms with Crippen molar-refractivity contribution in [3.63, 3.8) is 0 Å². The van der Waals surface area contributed by atoms with Crippen LogP contribution < -0.4 is 5.32 Å². The Morgan fingerprint density at radius 1 is 0.655 bits per heavy atom. The van der Waals surface area contributed by atoms with Crippen molar-refractivity contribution in [3.05, 3.63) is 64.2 Å². The van der Waals surface area contributed by atoms with E-state index in [0.717, 1.165) is 13.1 Å². The van der Waals surface area contributed by atoms with Crippen molar-refractivity contribution in [1.29, 1.82) is 0 Å². The molecule has 0 unspecified atom stereocenters. The molecular weight excluding hydrogens is 352 g/mol. The molecule has 1 heterocycles. The molecule has 0 saturated heterocycles. The normalized spacial score (nSPS) is 14.6. The SMILES string of the molecule is CC(C)c1cccc(C(C)C)c1C1=[N+](c2c(C(C)C)cccc2C(C)C)CCN1. The lowest BCUT2D eigenvalue weighted by Gasteiger charge is -2.21. The van der Waals surface area contributed by atoms with Crippen molar-refractivity contribution >= 4 is 11.5 Å². The van der Waals surface area contributed by atoms with Gasteiger partial charge >= 0.3 is 0 Å². The molecule has 3 rings (SSSR count). The van der Waals surface area contributed by atoms with Gasteiger partial charge in [-0.15, -0.1) is 0 Å². The third kappa shape index (κ3) is 4.13. The van der Waals surface area contributed by atoms with Gasteiger partial charge in [-0.2, -0.15) is 0 Å². The van der Waals surface area contributed by atoms with E-state index in [2.05, 4.69) is 102 Å². The topological polar surface area (TPSA) is 15.0 Å². The molecule has 29 heavy (non-hydrogen) atoms. The number of amidine groups is 1. The lowest BCUT2D eigenvalue weighted by Crippen LogP contribution is -2.27. The summed E-state index contributed by atoms with van der Waals surface area (Å²) in [7, 11) is 0. The van der Waals surface area contributed by atoms with E-state index >= 15 is 0 Å². The molecule has 1 aliphatic heterocycles.